The highest BCUT2D eigenvalue weighted by atomic mass is 16.3. The molecule has 0 spiro atoms. The molecule has 4 nitrogen and oxygen atoms in total. The molecule has 0 fully saturated rings. The van der Waals surface area contributed by atoms with E-state index in [1.807, 2.05) is 36.4 Å². The van der Waals surface area contributed by atoms with Crippen LogP contribution in [0.4, 0.5) is 0 Å². The molecule has 9 aromatic rings. The van der Waals surface area contributed by atoms with Crippen molar-refractivity contribution in [2.24, 2.45) is 0 Å². The lowest BCUT2D eigenvalue weighted by Crippen LogP contribution is -2.32. The SMILES string of the molecule is c1ccc(-c2ccc(-c3nc(-c4ccccc4)nc(C4(c5cccc6oc7ccccc7c56)c5ccccc5-c5ccccc54)n3)cc2)cc1. The van der Waals surface area contributed by atoms with Gasteiger partial charge in [0, 0.05) is 21.9 Å². The molecular weight excluding hydrogens is 611 g/mol. The first kappa shape index (κ1) is 28.4. The maximum Gasteiger partial charge on any atom is 0.163 e. The molecule has 1 aliphatic carbocycles. The lowest BCUT2D eigenvalue weighted by Gasteiger charge is -2.32. The Morgan fingerprint density at radius 2 is 0.840 bits per heavy atom. The van der Waals surface area contributed by atoms with Crippen LogP contribution < -0.4 is 0 Å². The van der Waals surface area contributed by atoms with Crippen molar-refractivity contribution in [2.75, 3.05) is 0 Å². The minimum atomic E-state index is -0.870. The lowest BCUT2D eigenvalue weighted by molar-refractivity contribution is 0.665. The second-order valence-electron chi connectivity index (χ2n) is 12.7. The first-order valence-corrected chi connectivity index (χ1v) is 16.9. The second-order valence-corrected chi connectivity index (χ2v) is 12.7. The van der Waals surface area contributed by atoms with E-state index in [2.05, 4.69) is 140 Å². The summed E-state index contributed by atoms with van der Waals surface area (Å²) in [6, 6.07) is 61.2. The van der Waals surface area contributed by atoms with Crippen LogP contribution in [0.5, 0.6) is 0 Å². The van der Waals surface area contributed by atoms with Crippen LogP contribution in [0, 0.1) is 0 Å². The summed E-state index contributed by atoms with van der Waals surface area (Å²) < 4.78 is 6.49. The predicted molar refractivity (Wildman–Crippen MR) is 201 cm³/mol. The van der Waals surface area contributed by atoms with Gasteiger partial charge in [-0.2, -0.15) is 0 Å². The summed E-state index contributed by atoms with van der Waals surface area (Å²) in [5.74, 6) is 1.92. The lowest BCUT2D eigenvalue weighted by atomic mass is 9.70. The van der Waals surface area contributed by atoms with E-state index in [1.54, 1.807) is 0 Å². The Hall–Kier alpha value is -6.65. The summed E-state index contributed by atoms with van der Waals surface area (Å²) >= 11 is 0. The standard InChI is InChI=1S/C46H29N3O/c1-3-14-30(15-4-1)31-26-28-33(29-27-31)44-47-43(32-16-5-2-6-17-32)48-45(49-44)46(37-21-10-7-18-34(37)35-19-8-11-22-38(35)46)39-23-13-25-41-42(39)36-20-9-12-24-40(36)50-41/h1-29H. The minimum absolute atomic E-state index is 0.624. The van der Waals surface area contributed by atoms with Crippen LogP contribution in [-0.4, -0.2) is 15.0 Å². The fraction of sp³-hybridized carbons (Fsp3) is 0.0217. The van der Waals surface area contributed by atoms with Gasteiger partial charge in [-0.15, -0.1) is 0 Å². The zero-order valence-corrected chi connectivity index (χ0v) is 27.0. The summed E-state index contributed by atoms with van der Waals surface area (Å²) in [5, 5.41) is 2.12. The van der Waals surface area contributed by atoms with Crippen LogP contribution in [0.2, 0.25) is 0 Å². The Bertz CT molecular complexity index is 2650. The van der Waals surface area contributed by atoms with E-state index in [0.717, 1.165) is 55.3 Å². The van der Waals surface area contributed by atoms with Crippen LogP contribution in [0.25, 0.3) is 67.0 Å². The fourth-order valence-electron chi connectivity index (χ4n) is 7.81. The molecule has 0 bridgehead atoms. The molecule has 0 unspecified atom stereocenters. The number of benzene rings is 7. The van der Waals surface area contributed by atoms with Gasteiger partial charge in [-0.3, -0.25) is 0 Å². The van der Waals surface area contributed by atoms with Gasteiger partial charge in [-0.1, -0.05) is 164 Å². The largest absolute Gasteiger partial charge is 0.456 e. The Morgan fingerprint density at radius 1 is 0.360 bits per heavy atom. The normalized spacial score (nSPS) is 13.0. The van der Waals surface area contributed by atoms with Gasteiger partial charge in [-0.25, -0.2) is 15.0 Å². The molecule has 2 aromatic heterocycles. The molecule has 0 amide bonds. The van der Waals surface area contributed by atoms with Gasteiger partial charge in [0.2, 0.25) is 0 Å². The number of para-hydroxylation sites is 1. The molecule has 2 heterocycles. The number of rotatable bonds is 5. The molecule has 0 saturated carbocycles. The fourth-order valence-corrected chi connectivity index (χ4v) is 7.81. The molecule has 0 N–H and O–H groups in total. The smallest absolute Gasteiger partial charge is 0.163 e. The molecule has 234 valence electrons. The zero-order chi connectivity index (χ0) is 33.1. The van der Waals surface area contributed by atoms with E-state index >= 15 is 0 Å². The van der Waals surface area contributed by atoms with E-state index in [9.17, 15) is 0 Å². The quantitative estimate of drug-likeness (QED) is 0.188. The van der Waals surface area contributed by atoms with Gasteiger partial charge in [0.15, 0.2) is 17.5 Å². The van der Waals surface area contributed by atoms with Crippen LogP contribution in [0.1, 0.15) is 22.5 Å². The molecule has 0 atom stereocenters. The van der Waals surface area contributed by atoms with E-state index in [4.69, 9.17) is 19.4 Å². The number of hydrogen-bond acceptors (Lipinski definition) is 4. The van der Waals surface area contributed by atoms with Crippen molar-refractivity contribution in [1.29, 1.82) is 0 Å². The van der Waals surface area contributed by atoms with Crippen molar-refractivity contribution in [3.8, 4) is 45.0 Å². The van der Waals surface area contributed by atoms with Gasteiger partial charge < -0.3 is 4.42 Å². The van der Waals surface area contributed by atoms with Gasteiger partial charge in [0.1, 0.15) is 16.6 Å². The van der Waals surface area contributed by atoms with Crippen molar-refractivity contribution >= 4 is 21.9 Å². The van der Waals surface area contributed by atoms with Crippen molar-refractivity contribution in [2.45, 2.75) is 5.41 Å². The molecule has 50 heavy (non-hydrogen) atoms. The third kappa shape index (κ3) is 4.22. The first-order chi connectivity index (χ1) is 24.8. The highest BCUT2D eigenvalue weighted by molar-refractivity contribution is 6.08. The van der Waals surface area contributed by atoms with Crippen LogP contribution in [0.3, 0.4) is 0 Å². The van der Waals surface area contributed by atoms with Crippen LogP contribution >= 0.6 is 0 Å². The molecule has 4 heteroatoms. The first-order valence-electron chi connectivity index (χ1n) is 16.9. The number of aromatic nitrogens is 3. The number of fused-ring (bicyclic) bond motifs is 6. The summed E-state index contributed by atoms with van der Waals surface area (Å²) in [4.78, 5) is 16.1. The predicted octanol–water partition coefficient (Wildman–Crippen LogP) is 11.1. The third-order valence-electron chi connectivity index (χ3n) is 10.0. The molecule has 0 aliphatic heterocycles. The van der Waals surface area contributed by atoms with E-state index in [-0.39, 0.29) is 0 Å². The van der Waals surface area contributed by atoms with Crippen molar-refractivity contribution in [1.82, 2.24) is 15.0 Å². The van der Waals surface area contributed by atoms with Crippen LogP contribution in [0.15, 0.2) is 180 Å². The van der Waals surface area contributed by atoms with E-state index in [0.29, 0.717) is 17.5 Å². The number of hydrogen-bond donors (Lipinski definition) is 0. The Labute approximate surface area is 289 Å². The number of nitrogens with zero attached hydrogens (tertiary/aromatic N) is 3. The highest BCUT2D eigenvalue weighted by Crippen LogP contribution is 2.57. The Morgan fingerprint density at radius 3 is 1.52 bits per heavy atom. The summed E-state index contributed by atoms with van der Waals surface area (Å²) in [6.45, 7) is 0. The highest BCUT2D eigenvalue weighted by Gasteiger charge is 2.50. The van der Waals surface area contributed by atoms with Gasteiger partial charge >= 0.3 is 0 Å². The molecule has 10 rings (SSSR count). The maximum atomic E-state index is 6.49. The molecule has 0 radical (unpaired) electrons. The second kappa shape index (κ2) is 11.2. The Balaban J connectivity index is 1.32. The van der Waals surface area contributed by atoms with Gasteiger partial charge in [-0.05, 0) is 51.1 Å². The summed E-state index contributed by atoms with van der Waals surface area (Å²) in [7, 11) is 0. The maximum absolute atomic E-state index is 6.49. The van der Waals surface area contributed by atoms with Crippen LogP contribution in [-0.2, 0) is 5.41 Å². The molecule has 7 aromatic carbocycles. The summed E-state index contributed by atoms with van der Waals surface area (Å²) in [6.07, 6.45) is 0. The molecule has 0 saturated heterocycles. The molecule has 1 aliphatic rings. The Kier molecular flexibility index (Phi) is 6.36. The number of furan rings is 1. The minimum Gasteiger partial charge on any atom is -0.456 e. The van der Waals surface area contributed by atoms with E-state index < -0.39 is 5.41 Å². The molecular formula is C46H29N3O. The van der Waals surface area contributed by atoms with Crippen molar-refractivity contribution < 1.29 is 4.42 Å². The monoisotopic (exact) mass is 639 g/mol. The zero-order valence-electron chi connectivity index (χ0n) is 27.0. The van der Waals surface area contributed by atoms with Gasteiger partial charge in [0.05, 0.1) is 0 Å². The third-order valence-corrected chi connectivity index (χ3v) is 10.0. The summed E-state index contributed by atoms with van der Waals surface area (Å²) in [5.41, 5.74) is 10.7. The van der Waals surface area contributed by atoms with Crippen molar-refractivity contribution in [3.05, 3.63) is 198 Å². The van der Waals surface area contributed by atoms with Crippen molar-refractivity contribution in [3.63, 3.8) is 0 Å². The van der Waals surface area contributed by atoms with E-state index in [1.165, 1.54) is 16.7 Å². The average Bonchev–Trinajstić information content (AvgIpc) is 3.73. The van der Waals surface area contributed by atoms with Gasteiger partial charge in [0.25, 0.3) is 0 Å². The average molecular weight is 640 g/mol. The topological polar surface area (TPSA) is 51.8 Å².